The van der Waals surface area contributed by atoms with Gasteiger partial charge in [-0.25, -0.2) is 12.7 Å². The van der Waals surface area contributed by atoms with Crippen molar-refractivity contribution < 1.29 is 27.5 Å². The van der Waals surface area contributed by atoms with Crippen LogP contribution < -0.4 is 5.32 Å². The minimum atomic E-state index is -3.18. The van der Waals surface area contributed by atoms with Crippen LogP contribution in [0.1, 0.15) is 65.2 Å². The summed E-state index contributed by atoms with van der Waals surface area (Å²) in [6.07, 6.45) is 7.32. The molecule has 0 aromatic rings. The second-order valence-corrected chi connectivity index (χ2v) is 12.3. The zero-order chi connectivity index (χ0) is 23.9. The Morgan fingerprint density at radius 1 is 1.24 bits per heavy atom. The number of hydrogen-bond acceptors (Lipinski definition) is 8. The average molecular weight is 487 g/mol. The van der Waals surface area contributed by atoms with E-state index in [4.69, 9.17) is 14.3 Å². The Balaban J connectivity index is 1.27. The molecular weight excluding hydrogens is 448 g/mol. The highest BCUT2D eigenvalue weighted by Gasteiger charge is 2.53. The minimum absolute atomic E-state index is 0.124. The monoisotopic (exact) mass is 486 g/mol. The predicted octanol–water partition coefficient (Wildman–Crippen LogP) is 1.42. The molecule has 1 saturated carbocycles. The fourth-order valence-electron chi connectivity index (χ4n) is 4.87. The van der Waals surface area contributed by atoms with Crippen molar-refractivity contribution in [3.63, 3.8) is 0 Å². The van der Waals surface area contributed by atoms with Crippen LogP contribution in [-0.4, -0.2) is 91.9 Å². The van der Waals surface area contributed by atoms with Crippen LogP contribution in [0.5, 0.6) is 0 Å². The lowest BCUT2D eigenvalue weighted by Crippen LogP contribution is -2.60. The lowest BCUT2D eigenvalue weighted by molar-refractivity contribution is -0.181. The van der Waals surface area contributed by atoms with Crippen LogP contribution in [-0.2, 0) is 29.1 Å². The minimum Gasteiger partial charge on any atom is -0.370 e. The lowest BCUT2D eigenvalue weighted by Gasteiger charge is -2.43. The number of likely N-dealkylation sites (N-methyl/N-ethyl adjacent to an activating group) is 1. The van der Waals surface area contributed by atoms with E-state index in [0.717, 1.165) is 44.4 Å². The van der Waals surface area contributed by atoms with Crippen molar-refractivity contribution in [2.24, 2.45) is 5.16 Å². The Kier molecular flexibility index (Phi) is 7.08. The molecule has 33 heavy (non-hydrogen) atoms. The normalized spacial score (nSPS) is 28.9. The molecule has 3 aliphatic heterocycles. The van der Waals surface area contributed by atoms with Gasteiger partial charge in [0, 0.05) is 25.7 Å². The van der Waals surface area contributed by atoms with E-state index in [1.165, 1.54) is 10.6 Å². The first-order valence-corrected chi connectivity index (χ1v) is 13.9. The maximum absolute atomic E-state index is 13.2. The number of nitrogens with one attached hydrogen (secondary N) is 1. The molecule has 2 saturated heterocycles. The van der Waals surface area contributed by atoms with Crippen molar-refractivity contribution in [1.29, 1.82) is 0 Å². The summed E-state index contributed by atoms with van der Waals surface area (Å²) in [5.74, 6) is -0.140. The number of carbonyl (C=O) groups excluding carboxylic acids is 1. The van der Waals surface area contributed by atoms with Crippen molar-refractivity contribution >= 4 is 21.6 Å². The molecule has 11 heteroatoms. The van der Waals surface area contributed by atoms with E-state index in [9.17, 15) is 13.2 Å². The first-order valence-electron chi connectivity index (χ1n) is 12.0. The number of rotatable bonds is 8. The van der Waals surface area contributed by atoms with Crippen molar-refractivity contribution in [3.05, 3.63) is 0 Å². The number of amides is 1. The van der Waals surface area contributed by atoms with Gasteiger partial charge in [0.2, 0.25) is 22.2 Å². The third kappa shape index (κ3) is 5.53. The number of oxime groups is 1. The molecule has 2 atom stereocenters. The molecule has 3 heterocycles. The third-order valence-corrected chi connectivity index (χ3v) is 8.87. The summed E-state index contributed by atoms with van der Waals surface area (Å²) >= 11 is 0. The van der Waals surface area contributed by atoms with E-state index in [1.807, 2.05) is 25.8 Å². The smallest absolute Gasteiger partial charge is 0.242 e. The van der Waals surface area contributed by atoms with Gasteiger partial charge in [-0.1, -0.05) is 5.16 Å². The predicted molar refractivity (Wildman–Crippen MR) is 123 cm³/mol. The average Bonchev–Trinajstić information content (AvgIpc) is 3.40. The first kappa shape index (κ1) is 24.8. The van der Waals surface area contributed by atoms with E-state index < -0.39 is 27.4 Å². The molecule has 0 aromatic carbocycles. The first-order chi connectivity index (χ1) is 15.5. The Bertz CT molecular complexity index is 858. The van der Waals surface area contributed by atoms with Crippen molar-refractivity contribution in [3.8, 4) is 0 Å². The molecule has 2 unspecified atom stereocenters. The molecule has 4 rings (SSSR count). The van der Waals surface area contributed by atoms with E-state index in [1.54, 1.807) is 0 Å². The Hall–Kier alpha value is -1.27. The molecule has 1 amide bonds. The number of sulfonamides is 1. The molecule has 188 valence electrons. The summed E-state index contributed by atoms with van der Waals surface area (Å²) < 4.78 is 37.0. The SMILES string of the molecule is CN(C1CCN(S(C)(=O)=O)CC1)C(C)(C)C(=O)NC1CC(C2(OC3CCCCO3)CC2)=NO1. The Morgan fingerprint density at radius 3 is 2.52 bits per heavy atom. The van der Waals surface area contributed by atoms with Gasteiger partial charge in [-0.15, -0.1) is 0 Å². The van der Waals surface area contributed by atoms with Crippen LogP contribution in [0.4, 0.5) is 0 Å². The summed E-state index contributed by atoms with van der Waals surface area (Å²) in [7, 11) is -1.25. The van der Waals surface area contributed by atoms with Crippen LogP contribution in [0.2, 0.25) is 0 Å². The largest absolute Gasteiger partial charge is 0.370 e. The molecule has 0 aromatic heterocycles. The molecule has 3 fully saturated rings. The van der Waals surface area contributed by atoms with Crippen LogP contribution in [0, 0.1) is 0 Å². The Morgan fingerprint density at radius 2 is 1.94 bits per heavy atom. The number of nitrogens with zero attached hydrogens (tertiary/aromatic N) is 3. The van der Waals surface area contributed by atoms with Crippen LogP contribution in [0.25, 0.3) is 0 Å². The van der Waals surface area contributed by atoms with Gasteiger partial charge in [-0.3, -0.25) is 9.69 Å². The zero-order valence-electron chi connectivity index (χ0n) is 20.2. The van der Waals surface area contributed by atoms with E-state index >= 15 is 0 Å². The quantitative estimate of drug-likeness (QED) is 0.552. The van der Waals surface area contributed by atoms with Gasteiger partial charge in [0.25, 0.3) is 0 Å². The molecule has 0 radical (unpaired) electrons. The fraction of sp³-hybridized carbons (Fsp3) is 0.909. The van der Waals surface area contributed by atoms with Crippen molar-refractivity contribution in [1.82, 2.24) is 14.5 Å². The highest BCUT2D eigenvalue weighted by atomic mass is 32.2. The summed E-state index contributed by atoms with van der Waals surface area (Å²) in [5, 5.41) is 7.26. The molecule has 0 bridgehead atoms. The maximum Gasteiger partial charge on any atom is 0.242 e. The van der Waals surface area contributed by atoms with Gasteiger partial charge in [0.15, 0.2) is 6.29 Å². The van der Waals surface area contributed by atoms with Gasteiger partial charge in [-0.2, -0.15) is 0 Å². The summed E-state index contributed by atoms with van der Waals surface area (Å²) in [6.45, 7) is 5.45. The molecule has 10 nitrogen and oxygen atoms in total. The summed E-state index contributed by atoms with van der Waals surface area (Å²) in [4.78, 5) is 20.8. The highest BCUT2D eigenvalue weighted by Crippen LogP contribution is 2.45. The number of hydrogen-bond donors (Lipinski definition) is 1. The topological polar surface area (TPSA) is 110 Å². The van der Waals surface area contributed by atoms with Crippen LogP contribution in [0.3, 0.4) is 0 Å². The maximum atomic E-state index is 13.2. The molecular formula is C22H38N4O6S. The van der Waals surface area contributed by atoms with E-state index in [-0.39, 0.29) is 18.2 Å². The van der Waals surface area contributed by atoms with E-state index in [2.05, 4.69) is 10.5 Å². The zero-order valence-corrected chi connectivity index (χ0v) is 21.0. The van der Waals surface area contributed by atoms with Crippen molar-refractivity contribution in [2.75, 3.05) is 33.0 Å². The Labute approximate surface area is 197 Å². The van der Waals surface area contributed by atoms with Crippen LogP contribution in [0.15, 0.2) is 5.16 Å². The lowest BCUT2D eigenvalue weighted by atomic mass is 9.95. The number of piperidine rings is 1. The van der Waals surface area contributed by atoms with Crippen molar-refractivity contribution in [2.45, 2.75) is 94.9 Å². The van der Waals surface area contributed by atoms with Gasteiger partial charge in [-0.05, 0) is 65.8 Å². The number of ether oxygens (including phenoxy) is 2. The molecule has 1 aliphatic carbocycles. The molecule has 4 aliphatic rings. The summed E-state index contributed by atoms with van der Waals surface area (Å²) in [5.41, 5.74) is -0.337. The molecule has 0 spiro atoms. The second kappa shape index (κ2) is 9.41. The highest BCUT2D eigenvalue weighted by molar-refractivity contribution is 7.88. The molecule has 1 N–H and O–H groups in total. The fourth-order valence-corrected chi connectivity index (χ4v) is 5.74. The second-order valence-electron chi connectivity index (χ2n) is 10.3. The van der Waals surface area contributed by atoms with Crippen LogP contribution >= 0.6 is 0 Å². The standard InChI is InChI=1S/C22H38N4O6S/c1-21(2,25(3)16-8-12-26(13-9-16)33(4,28)29)20(27)23-18-15-17(24-32-18)22(10-11-22)31-19-7-5-6-14-30-19/h16,18-19H,5-15H2,1-4H3,(H,23,27). The van der Waals surface area contributed by atoms with Gasteiger partial charge in [0.1, 0.15) is 5.60 Å². The number of carbonyl (C=O) groups is 1. The van der Waals surface area contributed by atoms with Gasteiger partial charge < -0.3 is 19.6 Å². The third-order valence-electron chi connectivity index (χ3n) is 7.56. The summed E-state index contributed by atoms with van der Waals surface area (Å²) in [6, 6.07) is 0.124. The van der Waals surface area contributed by atoms with Gasteiger partial charge >= 0.3 is 0 Å². The van der Waals surface area contributed by atoms with Gasteiger partial charge in [0.05, 0.1) is 23.9 Å². The van der Waals surface area contributed by atoms with E-state index in [0.29, 0.717) is 32.4 Å².